The second-order valence-corrected chi connectivity index (χ2v) is 12.4. The minimum absolute atomic E-state index is 0.0313. The molecule has 5 aromatic rings. The molecule has 1 saturated heterocycles. The highest BCUT2D eigenvalue weighted by atomic mass is 35.5. The number of aryl methyl sites for hydroxylation is 1. The lowest BCUT2D eigenvalue weighted by molar-refractivity contribution is -0.133. The summed E-state index contributed by atoms with van der Waals surface area (Å²) in [7, 11) is 0. The number of carbonyl (C=O) groups excluding carboxylic acids is 2. The molecule has 2 amide bonds. The topological polar surface area (TPSA) is 84.2 Å². The van der Waals surface area contributed by atoms with Gasteiger partial charge >= 0.3 is 0 Å². The first-order chi connectivity index (χ1) is 20.9. The fraction of sp³-hybridized carbons (Fsp3) is 0.303. The average Bonchev–Trinajstić information content (AvgIpc) is 3.33. The molecule has 1 aliphatic rings. The Balaban J connectivity index is 1.06. The summed E-state index contributed by atoms with van der Waals surface area (Å²) in [5, 5.41) is 11.2. The van der Waals surface area contributed by atoms with E-state index < -0.39 is 0 Å². The van der Waals surface area contributed by atoms with Crippen LogP contribution in [0.4, 0.5) is 0 Å². The normalized spacial score (nSPS) is 15.4. The number of benzene rings is 3. The Morgan fingerprint density at radius 3 is 2.53 bits per heavy atom. The number of amides is 2. The molecule has 43 heavy (non-hydrogen) atoms. The Hall–Kier alpha value is -3.95. The largest absolute Gasteiger partial charge is 0.339 e. The number of rotatable bonds is 8. The zero-order valence-electron chi connectivity index (χ0n) is 24.2. The molecule has 1 aliphatic heterocycles. The van der Waals surface area contributed by atoms with Crippen molar-refractivity contribution in [2.75, 3.05) is 25.4 Å². The van der Waals surface area contributed by atoms with E-state index in [1.807, 2.05) is 28.9 Å². The third-order valence-electron chi connectivity index (χ3n) is 8.04. The number of hydrogen-bond acceptors (Lipinski definition) is 6. The molecule has 1 fully saturated rings. The van der Waals surface area contributed by atoms with E-state index in [1.54, 1.807) is 24.3 Å². The van der Waals surface area contributed by atoms with Gasteiger partial charge in [0.1, 0.15) is 5.52 Å². The van der Waals surface area contributed by atoms with Crippen LogP contribution in [0.25, 0.3) is 22.1 Å². The maximum atomic E-state index is 13.0. The average molecular weight is 613 g/mol. The summed E-state index contributed by atoms with van der Waals surface area (Å²) in [6.07, 6.45) is 1.14. The number of carbonyl (C=O) groups is 2. The van der Waals surface area contributed by atoms with E-state index >= 15 is 0 Å². The smallest absolute Gasteiger partial charge is 0.254 e. The van der Waals surface area contributed by atoms with Crippen molar-refractivity contribution in [3.8, 4) is 0 Å². The van der Waals surface area contributed by atoms with Crippen LogP contribution in [-0.4, -0.2) is 72.8 Å². The van der Waals surface area contributed by atoms with E-state index in [2.05, 4.69) is 58.1 Å². The predicted octanol–water partition coefficient (Wildman–Crippen LogP) is 6.24. The first-order valence-electron chi connectivity index (χ1n) is 14.5. The molecule has 10 heteroatoms. The minimum Gasteiger partial charge on any atom is -0.339 e. The SMILES string of the molecule is Cc1ccccc1Cn1c2ccccc2c2nnc(SCCCC(=O)N3CCN(C(=O)c4ccc(Cl)cc4)C(C)C3)nc21. The standard InChI is InChI=1S/C33H33ClN6O2S/c1-22-8-3-4-9-25(22)21-40-28-11-6-5-10-27(28)30-31(40)35-33(37-36-30)43-19-7-12-29(41)38-17-18-39(23(2)20-38)32(42)24-13-15-26(34)16-14-24/h3-6,8-11,13-16,23H,7,12,17-21H2,1-2H3. The summed E-state index contributed by atoms with van der Waals surface area (Å²) in [4.78, 5) is 34.6. The summed E-state index contributed by atoms with van der Waals surface area (Å²) >= 11 is 7.49. The summed E-state index contributed by atoms with van der Waals surface area (Å²) in [6.45, 7) is 6.39. The molecule has 0 spiro atoms. The second-order valence-electron chi connectivity index (χ2n) is 10.9. The maximum absolute atomic E-state index is 13.0. The van der Waals surface area contributed by atoms with Crippen LogP contribution in [0.1, 0.15) is 41.3 Å². The fourth-order valence-electron chi connectivity index (χ4n) is 5.66. The zero-order valence-corrected chi connectivity index (χ0v) is 25.8. The van der Waals surface area contributed by atoms with Gasteiger partial charge in [0.15, 0.2) is 5.65 Å². The molecule has 8 nitrogen and oxygen atoms in total. The van der Waals surface area contributed by atoms with E-state index in [4.69, 9.17) is 16.6 Å². The van der Waals surface area contributed by atoms with E-state index in [0.717, 1.165) is 22.1 Å². The fourth-order valence-corrected chi connectivity index (χ4v) is 6.50. The maximum Gasteiger partial charge on any atom is 0.254 e. The van der Waals surface area contributed by atoms with Crippen LogP contribution in [0.15, 0.2) is 78.0 Å². The lowest BCUT2D eigenvalue weighted by Gasteiger charge is -2.40. The minimum atomic E-state index is -0.0621. The molecule has 0 radical (unpaired) electrons. The zero-order chi connectivity index (χ0) is 29.9. The summed E-state index contributed by atoms with van der Waals surface area (Å²) in [5.74, 6) is 0.789. The molecule has 1 unspecified atom stereocenters. The van der Waals surface area contributed by atoms with E-state index in [9.17, 15) is 9.59 Å². The van der Waals surface area contributed by atoms with Crippen molar-refractivity contribution in [3.05, 3.63) is 94.5 Å². The van der Waals surface area contributed by atoms with Gasteiger partial charge in [-0.2, -0.15) is 0 Å². The van der Waals surface area contributed by atoms with Gasteiger partial charge in [-0.1, -0.05) is 65.8 Å². The van der Waals surface area contributed by atoms with Crippen LogP contribution in [-0.2, 0) is 11.3 Å². The van der Waals surface area contributed by atoms with Crippen molar-refractivity contribution < 1.29 is 9.59 Å². The molecule has 3 heterocycles. The van der Waals surface area contributed by atoms with Gasteiger partial charge in [0.2, 0.25) is 11.1 Å². The molecule has 2 aromatic heterocycles. The first-order valence-corrected chi connectivity index (χ1v) is 15.9. The second kappa shape index (κ2) is 12.7. The Labute approximate surface area is 260 Å². The molecular formula is C33H33ClN6O2S. The van der Waals surface area contributed by atoms with E-state index in [1.165, 1.54) is 22.9 Å². The van der Waals surface area contributed by atoms with E-state index in [-0.39, 0.29) is 17.9 Å². The Morgan fingerprint density at radius 2 is 1.74 bits per heavy atom. The van der Waals surface area contributed by atoms with Gasteiger partial charge in [0, 0.05) is 60.4 Å². The van der Waals surface area contributed by atoms with Crippen LogP contribution in [0.3, 0.4) is 0 Å². The quantitative estimate of drug-likeness (QED) is 0.152. The molecular weight excluding hydrogens is 580 g/mol. The molecule has 6 rings (SSSR count). The van der Waals surface area contributed by atoms with Gasteiger partial charge in [-0.15, -0.1) is 10.2 Å². The Morgan fingerprint density at radius 1 is 0.977 bits per heavy atom. The molecule has 1 atom stereocenters. The summed E-state index contributed by atoms with van der Waals surface area (Å²) < 4.78 is 2.22. The van der Waals surface area contributed by atoms with E-state index in [0.29, 0.717) is 60.5 Å². The van der Waals surface area contributed by atoms with Crippen molar-refractivity contribution in [1.29, 1.82) is 0 Å². The van der Waals surface area contributed by atoms with Crippen molar-refractivity contribution in [2.24, 2.45) is 0 Å². The van der Waals surface area contributed by atoms with Gasteiger partial charge in [-0.05, 0) is 61.7 Å². The number of nitrogens with zero attached hydrogens (tertiary/aromatic N) is 6. The van der Waals surface area contributed by atoms with Crippen molar-refractivity contribution in [1.82, 2.24) is 29.5 Å². The van der Waals surface area contributed by atoms with Crippen LogP contribution in [0, 0.1) is 6.92 Å². The molecule has 0 aliphatic carbocycles. The van der Waals surface area contributed by atoms with Crippen molar-refractivity contribution in [3.63, 3.8) is 0 Å². The number of piperazine rings is 1. The van der Waals surface area contributed by atoms with Gasteiger partial charge in [0.25, 0.3) is 5.91 Å². The molecule has 0 N–H and O–H groups in total. The number of fused-ring (bicyclic) bond motifs is 3. The molecule has 0 bridgehead atoms. The lowest BCUT2D eigenvalue weighted by Crippen LogP contribution is -2.55. The lowest BCUT2D eigenvalue weighted by atomic mass is 10.1. The molecule has 220 valence electrons. The number of thioether (sulfide) groups is 1. The van der Waals surface area contributed by atoms with Crippen molar-refractivity contribution in [2.45, 2.75) is 44.4 Å². The Kier molecular flexibility index (Phi) is 8.63. The predicted molar refractivity (Wildman–Crippen MR) is 172 cm³/mol. The summed E-state index contributed by atoms with van der Waals surface area (Å²) in [5.41, 5.74) is 5.78. The number of halogens is 1. The summed E-state index contributed by atoms with van der Waals surface area (Å²) in [6, 6.07) is 23.5. The van der Waals surface area contributed by atoms with Gasteiger partial charge < -0.3 is 14.4 Å². The highest BCUT2D eigenvalue weighted by molar-refractivity contribution is 7.99. The highest BCUT2D eigenvalue weighted by Crippen LogP contribution is 2.29. The number of hydrogen-bond donors (Lipinski definition) is 0. The highest BCUT2D eigenvalue weighted by Gasteiger charge is 2.30. The van der Waals surface area contributed by atoms with Gasteiger partial charge in [-0.3, -0.25) is 9.59 Å². The number of aromatic nitrogens is 4. The van der Waals surface area contributed by atoms with Crippen LogP contribution < -0.4 is 0 Å². The van der Waals surface area contributed by atoms with Gasteiger partial charge in [0.05, 0.1) is 5.52 Å². The van der Waals surface area contributed by atoms with Crippen LogP contribution >= 0.6 is 23.4 Å². The third kappa shape index (κ3) is 6.24. The molecule has 0 saturated carbocycles. The third-order valence-corrected chi connectivity index (χ3v) is 9.22. The van der Waals surface area contributed by atoms with Crippen molar-refractivity contribution >= 4 is 57.2 Å². The molecule has 3 aromatic carbocycles. The monoisotopic (exact) mass is 612 g/mol. The number of para-hydroxylation sites is 1. The van der Waals surface area contributed by atoms with Crippen LogP contribution in [0.5, 0.6) is 0 Å². The van der Waals surface area contributed by atoms with Gasteiger partial charge in [-0.25, -0.2) is 4.98 Å². The van der Waals surface area contributed by atoms with Crippen LogP contribution in [0.2, 0.25) is 5.02 Å². The first kappa shape index (κ1) is 29.1. The Bertz CT molecular complexity index is 1790.